The third-order valence-corrected chi connectivity index (χ3v) is 6.07. The normalized spacial score (nSPS) is 15.6. The van der Waals surface area contributed by atoms with Gasteiger partial charge in [-0.25, -0.2) is 4.79 Å². The van der Waals surface area contributed by atoms with Crippen LogP contribution in [0.5, 0.6) is 0 Å². The predicted molar refractivity (Wildman–Crippen MR) is 122 cm³/mol. The van der Waals surface area contributed by atoms with Gasteiger partial charge >= 0.3 is 5.97 Å². The molecule has 1 aromatic heterocycles. The summed E-state index contributed by atoms with van der Waals surface area (Å²) in [7, 11) is 0. The van der Waals surface area contributed by atoms with Crippen molar-refractivity contribution < 1.29 is 19.1 Å². The molecular weight excluding hydrogens is 414 g/mol. The summed E-state index contributed by atoms with van der Waals surface area (Å²) < 4.78 is 10.5. The number of carbonyl (C=O) groups is 2. The topological polar surface area (TPSA) is 71.1 Å². The van der Waals surface area contributed by atoms with E-state index in [1.807, 2.05) is 18.2 Å². The SMILES string of the molecule is CCOC(=O)c1ccsc1NC(=O)CN(Cc1ccccc1)C(C)CN1CCOCC1. The molecule has 0 aliphatic carbocycles. The quantitative estimate of drug-likeness (QED) is 0.567. The van der Waals surface area contributed by atoms with Crippen molar-refractivity contribution in [3.05, 3.63) is 52.9 Å². The second-order valence-electron chi connectivity index (χ2n) is 7.58. The van der Waals surface area contributed by atoms with E-state index in [-0.39, 0.29) is 18.5 Å². The molecule has 2 aromatic rings. The van der Waals surface area contributed by atoms with Crippen LogP contribution in [-0.4, -0.2) is 73.7 Å². The molecule has 1 aromatic carbocycles. The summed E-state index contributed by atoms with van der Waals surface area (Å²) >= 11 is 1.33. The lowest BCUT2D eigenvalue weighted by molar-refractivity contribution is -0.118. The molecule has 1 N–H and O–H groups in total. The number of amides is 1. The predicted octanol–water partition coefficient (Wildman–Crippen LogP) is 3.09. The first-order valence-corrected chi connectivity index (χ1v) is 11.6. The summed E-state index contributed by atoms with van der Waals surface area (Å²) in [6.07, 6.45) is 0. The van der Waals surface area contributed by atoms with E-state index in [1.54, 1.807) is 18.4 Å². The number of nitrogens with one attached hydrogen (secondary N) is 1. The molecule has 31 heavy (non-hydrogen) atoms. The molecule has 1 atom stereocenters. The zero-order valence-electron chi connectivity index (χ0n) is 18.2. The highest BCUT2D eigenvalue weighted by Gasteiger charge is 2.23. The first kappa shape index (κ1) is 23.4. The van der Waals surface area contributed by atoms with Gasteiger partial charge in [0.2, 0.25) is 5.91 Å². The summed E-state index contributed by atoms with van der Waals surface area (Å²) in [6.45, 7) is 9.32. The molecule has 0 bridgehead atoms. The molecule has 3 rings (SSSR count). The average molecular weight is 446 g/mol. The Labute approximate surface area is 187 Å². The first-order chi connectivity index (χ1) is 15.1. The van der Waals surface area contributed by atoms with E-state index in [4.69, 9.17) is 9.47 Å². The maximum atomic E-state index is 12.9. The molecule has 7 nitrogen and oxygen atoms in total. The van der Waals surface area contributed by atoms with Crippen molar-refractivity contribution in [3.63, 3.8) is 0 Å². The van der Waals surface area contributed by atoms with Crippen molar-refractivity contribution in [2.45, 2.75) is 26.4 Å². The molecule has 1 aliphatic heterocycles. The van der Waals surface area contributed by atoms with Gasteiger partial charge in [0.15, 0.2) is 0 Å². The highest BCUT2D eigenvalue weighted by atomic mass is 32.1. The molecule has 0 radical (unpaired) electrons. The van der Waals surface area contributed by atoms with Crippen LogP contribution in [0.4, 0.5) is 5.00 Å². The minimum Gasteiger partial charge on any atom is -0.462 e. The highest BCUT2D eigenvalue weighted by molar-refractivity contribution is 7.14. The number of nitrogens with zero attached hydrogens (tertiary/aromatic N) is 2. The summed E-state index contributed by atoms with van der Waals surface area (Å²) in [5.74, 6) is -0.557. The number of morpholine rings is 1. The Hall–Kier alpha value is -2.26. The van der Waals surface area contributed by atoms with E-state index in [1.165, 1.54) is 11.3 Å². The standard InChI is InChI=1S/C23H31N3O4S/c1-3-30-23(28)20-9-14-31-22(20)24-21(27)17-26(16-19-7-5-4-6-8-19)18(2)15-25-10-12-29-13-11-25/h4-9,14,18H,3,10-13,15-17H2,1-2H3,(H,24,27). The Bertz CT molecular complexity index is 836. The molecule has 168 valence electrons. The van der Waals surface area contributed by atoms with Crippen LogP contribution in [0.2, 0.25) is 0 Å². The van der Waals surface area contributed by atoms with Gasteiger partial charge in [-0.1, -0.05) is 30.3 Å². The molecule has 1 aliphatic rings. The zero-order chi connectivity index (χ0) is 22.1. The monoisotopic (exact) mass is 445 g/mol. The number of rotatable bonds is 10. The molecule has 1 amide bonds. The minimum absolute atomic E-state index is 0.141. The number of hydrogen-bond acceptors (Lipinski definition) is 7. The van der Waals surface area contributed by atoms with Gasteiger partial charge in [0, 0.05) is 32.2 Å². The van der Waals surface area contributed by atoms with Crippen molar-refractivity contribution in [1.82, 2.24) is 9.80 Å². The number of hydrogen-bond donors (Lipinski definition) is 1. The van der Waals surface area contributed by atoms with Crippen LogP contribution in [0.3, 0.4) is 0 Å². The van der Waals surface area contributed by atoms with Gasteiger partial charge in [-0.3, -0.25) is 14.6 Å². The van der Waals surface area contributed by atoms with Crippen LogP contribution in [-0.2, 0) is 20.8 Å². The molecule has 8 heteroatoms. The fraction of sp³-hybridized carbons (Fsp3) is 0.478. The Balaban J connectivity index is 1.66. The van der Waals surface area contributed by atoms with Crippen LogP contribution < -0.4 is 5.32 Å². The van der Waals surface area contributed by atoms with Crippen LogP contribution in [0.1, 0.15) is 29.8 Å². The molecular formula is C23H31N3O4S. The number of benzene rings is 1. The van der Waals surface area contributed by atoms with E-state index in [0.717, 1.165) is 38.4 Å². The van der Waals surface area contributed by atoms with Crippen molar-refractivity contribution >= 4 is 28.2 Å². The molecule has 1 fully saturated rings. The summed E-state index contributed by atoms with van der Waals surface area (Å²) in [5, 5.41) is 5.22. The van der Waals surface area contributed by atoms with Crippen LogP contribution in [0.25, 0.3) is 0 Å². The second-order valence-corrected chi connectivity index (χ2v) is 8.50. The average Bonchev–Trinajstić information content (AvgIpc) is 3.23. The summed E-state index contributed by atoms with van der Waals surface area (Å²) in [6, 6.07) is 12.0. The molecule has 1 saturated heterocycles. The molecule has 1 unspecified atom stereocenters. The van der Waals surface area contributed by atoms with Crippen molar-refractivity contribution in [2.24, 2.45) is 0 Å². The van der Waals surface area contributed by atoms with E-state index >= 15 is 0 Å². The van der Waals surface area contributed by atoms with E-state index in [9.17, 15) is 9.59 Å². The van der Waals surface area contributed by atoms with Crippen LogP contribution >= 0.6 is 11.3 Å². The lowest BCUT2D eigenvalue weighted by Gasteiger charge is -2.34. The van der Waals surface area contributed by atoms with Gasteiger partial charge in [-0.05, 0) is 30.9 Å². The van der Waals surface area contributed by atoms with Crippen molar-refractivity contribution in [3.8, 4) is 0 Å². The van der Waals surface area contributed by atoms with E-state index in [0.29, 0.717) is 23.7 Å². The first-order valence-electron chi connectivity index (χ1n) is 10.7. The largest absolute Gasteiger partial charge is 0.462 e. The number of esters is 1. The number of anilines is 1. The fourth-order valence-electron chi connectivity index (χ4n) is 3.58. The maximum absolute atomic E-state index is 12.9. The maximum Gasteiger partial charge on any atom is 0.341 e. The van der Waals surface area contributed by atoms with E-state index < -0.39 is 5.97 Å². The van der Waals surface area contributed by atoms with Gasteiger partial charge in [-0.2, -0.15) is 0 Å². The third kappa shape index (κ3) is 7.14. The van der Waals surface area contributed by atoms with Gasteiger partial charge < -0.3 is 14.8 Å². The molecule has 2 heterocycles. The zero-order valence-corrected chi connectivity index (χ0v) is 19.0. The van der Waals surface area contributed by atoms with Gasteiger partial charge in [0.05, 0.1) is 31.9 Å². The van der Waals surface area contributed by atoms with Crippen LogP contribution in [0.15, 0.2) is 41.8 Å². The highest BCUT2D eigenvalue weighted by Crippen LogP contribution is 2.24. The minimum atomic E-state index is -0.416. The Morgan fingerprint density at radius 1 is 1.23 bits per heavy atom. The van der Waals surface area contributed by atoms with Gasteiger partial charge in [0.1, 0.15) is 5.00 Å². The Kier molecular flexibility index (Phi) is 9.02. The number of carbonyl (C=O) groups excluding carboxylic acids is 2. The Morgan fingerprint density at radius 2 is 1.97 bits per heavy atom. The smallest absolute Gasteiger partial charge is 0.341 e. The van der Waals surface area contributed by atoms with Gasteiger partial charge in [-0.15, -0.1) is 11.3 Å². The van der Waals surface area contributed by atoms with Gasteiger partial charge in [0.25, 0.3) is 0 Å². The molecule has 0 spiro atoms. The lowest BCUT2D eigenvalue weighted by Crippen LogP contribution is -2.47. The second kappa shape index (κ2) is 12.0. The number of thiophene rings is 1. The summed E-state index contributed by atoms with van der Waals surface area (Å²) in [5.41, 5.74) is 1.56. The fourth-order valence-corrected chi connectivity index (χ4v) is 4.38. The van der Waals surface area contributed by atoms with Crippen molar-refractivity contribution in [1.29, 1.82) is 0 Å². The number of ether oxygens (including phenoxy) is 2. The Morgan fingerprint density at radius 3 is 2.68 bits per heavy atom. The van der Waals surface area contributed by atoms with Crippen LogP contribution in [0, 0.1) is 0 Å². The third-order valence-electron chi connectivity index (χ3n) is 5.24. The molecule has 0 saturated carbocycles. The lowest BCUT2D eigenvalue weighted by atomic mass is 10.1. The van der Waals surface area contributed by atoms with E-state index in [2.05, 4.69) is 34.2 Å². The van der Waals surface area contributed by atoms with Crippen molar-refractivity contribution in [2.75, 3.05) is 51.3 Å². The summed E-state index contributed by atoms with van der Waals surface area (Å²) in [4.78, 5) is 29.6.